The SMILES string of the molecule is CCNC(=NCC(O)c1cccc(OC)c1)NCCCn1nc(C)cc1C. The second-order valence-corrected chi connectivity index (χ2v) is 6.44. The van der Waals surface area contributed by atoms with E-state index in [2.05, 4.69) is 33.7 Å². The molecule has 0 radical (unpaired) electrons. The molecule has 0 saturated heterocycles. The number of guanidine groups is 1. The van der Waals surface area contributed by atoms with E-state index in [0.29, 0.717) is 5.96 Å². The van der Waals surface area contributed by atoms with Crippen molar-refractivity contribution in [3.8, 4) is 5.75 Å². The molecule has 3 N–H and O–H groups in total. The minimum absolute atomic E-state index is 0.278. The van der Waals surface area contributed by atoms with E-state index in [4.69, 9.17) is 4.74 Å². The number of rotatable bonds is 9. The fourth-order valence-electron chi connectivity index (χ4n) is 2.81. The molecule has 0 bridgehead atoms. The number of aromatic nitrogens is 2. The van der Waals surface area contributed by atoms with E-state index in [1.165, 1.54) is 5.69 Å². The predicted octanol–water partition coefficient (Wildman–Crippen LogP) is 2.19. The first-order chi connectivity index (χ1) is 13.0. The topological polar surface area (TPSA) is 83.7 Å². The lowest BCUT2D eigenvalue weighted by Crippen LogP contribution is -2.38. The average Bonchev–Trinajstić information content (AvgIpc) is 2.99. The quantitative estimate of drug-likeness (QED) is 0.356. The Morgan fingerprint density at radius 1 is 1.30 bits per heavy atom. The Morgan fingerprint density at radius 2 is 2.11 bits per heavy atom. The zero-order chi connectivity index (χ0) is 19.6. The molecule has 0 aliphatic rings. The number of aryl methyl sites for hydroxylation is 3. The molecule has 7 heteroatoms. The van der Waals surface area contributed by atoms with Crippen LogP contribution in [0.15, 0.2) is 35.3 Å². The zero-order valence-corrected chi connectivity index (χ0v) is 16.7. The van der Waals surface area contributed by atoms with E-state index in [0.717, 1.165) is 43.1 Å². The lowest BCUT2D eigenvalue weighted by molar-refractivity contribution is 0.186. The number of nitrogens with zero attached hydrogens (tertiary/aromatic N) is 3. The molecule has 148 valence electrons. The van der Waals surface area contributed by atoms with Crippen LogP contribution < -0.4 is 15.4 Å². The maximum absolute atomic E-state index is 10.4. The number of hydrogen-bond donors (Lipinski definition) is 3. The Kier molecular flexibility index (Phi) is 8.13. The largest absolute Gasteiger partial charge is 0.497 e. The second-order valence-electron chi connectivity index (χ2n) is 6.44. The first-order valence-corrected chi connectivity index (χ1v) is 9.38. The summed E-state index contributed by atoms with van der Waals surface area (Å²) in [4.78, 5) is 4.49. The summed E-state index contributed by atoms with van der Waals surface area (Å²) in [5, 5.41) is 21.4. The third kappa shape index (κ3) is 6.60. The van der Waals surface area contributed by atoms with Crippen molar-refractivity contribution in [2.45, 2.75) is 39.8 Å². The average molecular weight is 374 g/mol. The number of aliphatic hydroxyl groups excluding tert-OH is 1. The number of methoxy groups -OCH3 is 1. The maximum atomic E-state index is 10.4. The van der Waals surface area contributed by atoms with Gasteiger partial charge < -0.3 is 20.5 Å². The van der Waals surface area contributed by atoms with E-state index in [-0.39, 0.29) is 6.54 Å². The highest BCUT2D eigenvalue weighted by Crippen LogP contribution is 2.19. The molecule has 0 spiro atoms. The molecule has 2 aromatic rings. The predicted molar refractivity (Wildman–Crippen MR) is 108 cm³/mol. The van der Waals surface area contributed by atoms with Crippen molar-refractivity contribution in [2.24, 2.45) is 4.99 Å². The fourth-order valence-corrected chi connectivity index (χ4v) is 2.81. The highest BCUT2D eigenvalue weighted by Gasteiger charge is 2.08. The summed E-state index contributed by atoms with van der Waals surface area (Å²) < 4.78 is 7.22. The van der Waals surface area contributed by atoms with Crippen LogP contribution in [-0.2, 0) is 6.54 Å². The molecule has 0 saturated carbocycles. The van der Waals surface area contributed by atoms with Crippen LogP contribution in [0.1, 0.15) is 36.4 Å². The Bertz CT molecular complexity index is 742. The van der Waals surface area contributed by atoms with Crippen LogP contribution in [0.2, 0.25) is 0 Å². The van der Waals surface area contributed by atoms with Crippen LogP contribution in [-0.4, -0.2) is 47.6 Å². The van der Waals surface area contributed by atoms with Gasteiger partial charge >= 0.3 is 0 Å². The van der Waals surface area contributed by atoms with Crippen molar-refractivity contribution in [3.63, 3.8) is 0 Å². The lowest BCUT2D eigenvalue weighted by atomic mass is 10.1. The number of benzene rings is 1. The molecule has 7 nitrogen and oxygen atoms in total. The first-order valence-electron chi connectivity index (χ1n) is 9.38. The molecule has 1 aromatic carbocycles. The van der Waals surface area contributed by atoms with Gasteiger partial charge in [-0.2, -0.15) is 5.10 Å². The molecule has 1 atom stereocenters. The van der Waals surface area contributed by atoms with Gasteiger partial charge in [0.1, 0.15) is 5.75 Å². The van der Waals surface area contributed by atoms with Crippen molar-refractivity contribution in [1.29, 1.82) is 0 Å². The van der Waals surface area contributed by atoms with E-state index >= 15 is 0 Å². The molecular formula is C20H31N5O2. The summed E-state index contributed by atoms with van der Waals surface area (Å²) in [5.74, 6) is 1.43. The Balaban J connectivity index is 1.84. The highest BCUT2D eigenvalue weighted by molar-refractivity contribution is 5.79. The monoisotopic (exact) mass is 373 g/mol. The minimum Gasteiger partial charge on any atom is -0.497 e. The Labute approximate surface area is 161 Å². The summed E-state index contributed by atoms with van der Waals surface area (Å²) in [6.07, 6.45) is 0.260. The molecule has 0 amide bonds. The fraction of sp³-hybridized carbons (Fsp3) is 0.500. The number of hydrogen-bond acceptors (Lipinski definition) is 4. The normalized spacial score (nSPS) is 12.7. The van der Waals surface area contributed by atoms with Crippen LogP contribution in [0.5, 0.6) is 5.75 Å². The highest BCUT2D eigenvalue weighted by atomic mass is 16.5. The first kappa shape index (κ1) is 20.8. The third-order valence-electron chi connectivity index (χ3n) is 4.19. The number of nitrogens with one attached hydrogen (secondary N) is 2. The molecular weight excluding hydrogens is 342 g/mol. The van der Waals surface area contributed by atoms with Gasteiger partial charge in [0, 0.05) is 25.3 Å². The minimum atomic E-state index is -0.676. The van der Waals surface area contributed by atoms with Crippen molar-refractivity contribution < 1.29 is 9.84 Å². The summed E-state index contributed by atoms with van der Waals surface area (Å²) in [7, 11) is 1.61. The van der Waals surface area contributed by atoms with E-state index in [1.54, 1.807) is 7.11 Å². The van der Waals surface area contributed by atoms with Crippen LogP contribution in [0.3, 0.4) is 0 Å². The van der Waals surface area contributed by atoms with Crippen molar-refractivity contribution in [3.05, 3.63) is 47.3 Å². The van der Waals surface area contributed by atoms with Gasteiger partial charge in [-0.05, 0) is 51.0 Å². The van der Waals surface area contributed by atoms with E-state index < -0.39 is 6.10 Å². The van der Waals surface area contributed by atoms with Gasteiger partial charge in [0.25, 0.3) is 0 Å². The van der Waals surface area contributed by atoms with Crippen LogP contribution in [0.25, 0.3) is 0 Å². The van der Waals surface area contributed by atoms with Gasteiger partial charge in [0.05, 0.1) is 25.5 Å². The Hall–Kier alpha value is -2.54. The summed E-state index contributed by atoms with van der Waals surface area (Å²) in [5.41, 5.74) is 3.01. The molecule has 2 rings (SSSR count). The number of ether oxygens (including phenoxy) is 1. The van der Waals surface area contributed by atoms with E-state index in [1.807, 2.05) is 42.8 Å². The number of aliphatic imine (C=N–C) groups is 1. The molecule has 0 aliphatic carbocycles. The van der Waals surface area contributed by atoms with Gasteiger partial charge in [-0.3, -0.25) is 9.67 Å². The zero-order valence-electron chi connectivity index (χ0n) is 16.7. The maximum Gasteiger partial charge on any atom is 0.191 e. The molecule has 1 aromatic heterocycles. The smallest absolute Gasteiger partial charge is 0.191 e. The standard InChI is InChI=1S/C20H31N5O2/c1-5-21-20(22-10-7-11-25-16(3)12-15(2)24-25)23-14-19(26)17-8-6-9-18(13-17)27-4/h6,8-9,12-13,19,26H,5,7,10-11,14H2,1-4H3,(H2,21,22,23). The van der Waals surface area contributed by atoms with Crippen LogP contribution >= 0.6 is 0 Å². The summed E-state index contributed by atoms with van der Waals surface area (Å²) in [6.45, 7) is 8.77. The summed E-state index contributed by atoms with van der Waals surface area (Å²) >= 11 is 0. The van der Waals surface area contributed by atoms with Crippen LogP contribution in [0.4, 0.5) is 0 Å². The Morgan fingerprint density at radius 3 is 2.78 bits per heavy atom. The van der Waals surface area contributed by atoms with Gasteiger partial charge in [-0.15, -0.1) is 0 Å². The summed E-state index contributed by atoms with van der Waals surface area (Å²) in [6, 6.07) is 9.50. The van der Waals surface area contributed by atoms with E-state index in [9.17, 15) is 5.11 Å². The van der Waals surface area contributed by atoms with Crippen molar-refractivity contribution >= 4 is 5.96 Å². The van der Waals surface area contributed by atoms with Crippen molar-refractivity contribution in [1.82, 2.24) is 20.4 Å². The third-order valence-corrected chi connectivity index (χ3v) is 4.19. The molecule has 0 aliphatic heterocycles. The lowest BCUT2D eigenvalue weighted by Gasteiger charge is -2.14. The van der Waals surface area contributed by atoms with Gasteiger partial charge in [-0.25, -0.2) is 0 Å². The second kappa shape index (κ2) is 10.6. The van der Waals surface area contributed by atoms with Gasteiger partial charge in [0.2, 0.25) is 0 Å². The molecule has 0 fully saturated rings. The van der Waals surface area contributed by atoms with Crippen molar-refractivity contribution in [2.75, 3.05) is 26.7 Å². The molecule has 1 unspecified atom stereocenters. The van der Waals surface area contributed by atoms with Gasteiger partial charge in [0.15, 0.2) is 5.96 Å². The molecule has 1 heterocycles. The molecule has 27 heavy (non-hydrogen) atoms. The van der Waals surface area contributed by atoms with Gasteiger partial charge in [-0.1, -0.05) is 12.1 Å². The van der Waals surface area contributed by atoms with Crippen LogP contribution in [0, 0.1) is 13.8 Å². The number of aliphatic hydroxyl groups is 1.